The number of aliphatic hydroxyl groups is 1. The maximum atomic E-state index is 12.8. The van der Waals surface area contributed by atoms with Crippen LogP contribution in [0.3, 0.4) is 0 Å². The number of nitrogens with one attached hydrogen (secondary N) is 2. The lowest BCUT2D eigenvalue weighted by atomic mass is 9.92. The summed E-state index contributed by atoms with van der Waals surface area (Å²) >= 11 is 0. The van der Waals surface area contributed by atoms with Crippen molar-refractivity contribution in [1.29, 1.82) is 0 Å². The minimum Gasteiger partial charge on any atom is -0.391 e. The molecule has 1 saturated carbocycles. The van der Waals surface area contributed by atoms with Gasteiger partial charge >= 0.3 is 0 Å². The van der Waals surface area contributed by atoms with Crippen LogP contribution in [-0.4, -0.2) is 42.9 Å². The fraction of sp³-hybridized carbons (Fsp3) is 0.391. The van der Waals surface area contributed by atoms with E-state index in [9.17, 15) is 9.90 Å². The zero-order chi connectivity index (χ0) is 22.0. The molecule has 162 valence electrons. The molecule has 8 nitrogen and oxygen atoms in total. The van der Waals surface area contributed by atoms with Crippen molar-refractivity contribution in [2.24, 2.45) is 7.05 Å². The lowest BCUT2D eigenvalue weighted by Gasteiger charge is -2.28. The second-order valence-electron chi connectivity index (χ2n) is 8.24. The Morgan fingerprint density at radius 3 is 2.58 bits per heavy atom. The molecule has 1 amide bonds. The normalized spacial score (nSPS) is 18.6. The Balaban J connectivity index is 1.52. The predicted octanol–water partition coefficient (Wildman–Crippen LogP) is 3.27. The van der Waals surface area contributed by atoms with Gasteiger partial charge in [-0.3, -0.25) is 9.48 Å². The zero-order valence-corrected chi connectivity index (χ0v) is 18.1. The van der Waals surface area contributed by atoms with Gasteiger partial charge in [0.15, 0.2) is 0 Å². The molecular weight excluding hydrogens is 392 g/mol. The van der Waals surface area contributed by atoms with Crippen molar-refractivity contribution >= 4 is 17.5 Å². The topological polar surface area (TPSA) is 105 Å². The Kier molecular flexibility index (Phi) is 5.99. The summed E-state index contributed by atoms with van der Waals surface area (Å²) in [6.07, 6.45) is 4.69. The third-order valence-electron chi connectivity index (χ3n) is 5.55. The SMILES string of the molecule is Cc1cc(C)cc(Nc2nccc(-c3cc(C(=O)N[C@@H]4CCCC[C@@H]4O)n(C)n3)n2)c1. The lowest BCUT2D eigenvalue weighted by Crippen LogP contribution is -2.45. The van der Waals surface area contributed by atoms with Crippen LogP contribution < -0.4 is 10.6 Å². The van der Waals surface area contributed by atoms with Crippen LogP contribution in [0.25, 0.3) is 11.4 Å². The van der Waals surface area contributed by atoms with Crippen LogP contribution >= 0.6 is 0 Å². The first-order chi connectivity index (χ1) is 14.9. The van der Waals surface area contributed by atoms with Crippen LogP contribution in [0.1, 0.15) is 47.3 Å². The summed E-state index contributed by atoms with van der Waals surface area (Å²) in [6, 6.07) is 9.44. The van der Waals surface area contributed by atoms with Crippen molar-refractivity contribution in [3.05, 3.63) is 53.3 Å². The Hall–Kier alpha value is -3.26. The van der Waals surface area contributed by atoms with Crippen LogP contribution in [-0.2, 0) is 7.05 Å². The van der Waals surface area contributed by atoms with Gasteiger partial charge in [-0.2, -0.15) is 5.10 Å². The van der Waals surface area contributed by atoms with Gasteiger partial charge < -0.3 is 15.7 Å². The molecule has 0 unspecified atom stereocenters. The van der Waals surface area contributed by atoms with Crippen molar-refractivity contribution < 1.29 is 9.90 Å². The van der Waals surface area contributed by atoms with Crippen molar-refractivity contribution in [3.8, 4) is 11.4 Å². The van der Waals surface area contributed by atoms with E-state index in [0.29, 0.717) is 23.0 Å². The molecule has 2 atom stereocenters. The first-order valence-corrected chi connectivity index (χ1v) is 10.6. The summed E-state index contributed by atoms with van der Waals surface area (Å²) in [5.74, 6) is 0.222. The molecule has 0 radical (unpaired) electrons. The van der Waals surface area contributed by atoms with E-state index in [4.69, 9.17) is 0 Å². The minimum atomic E-state index is -0.494. The van der Waals surface area contributed by atoms with Crippen molar-refractivity contribution in [2.75, 3.05) is 5.32 Å². The molecule has 4 rings (SSSR count). The van der Waals surface area contributed by atoms with Crippen LogP contribution in [0, 0.1) is 13.8 Å². The maximum Gasteiger partial charge on any atom is 0.269 e. The van der Waals surface area contributed by atoms with E-state index in [2.05, 4.69) is 31.8 Å². The lowest BCUT2D eigenvalue weighted by molar-refractivity contribution is 0.0710. The van der Waals surface area contributed by atoms with E-state index < -0.39 is 6.10 Å². The Morgan fingerprint density at radius 1 is 1.10 bits per heavy atom. The molecule has 31 heavy (non-hydrogen) atoms. The highest BCUT2D eigenvalue weighted by Gasteiger charge is 2.26. The molecule has 0 aliphatic heterocycles. The number of aryl methyl sites for hydroxylation is 3. The number of rotatable bonds is 5. The highest BCUT2D eigenvalue weighted by atomic mass is 16.3. The van der Waals surface area contributed by atoms with Gasteiger partial charge in [-0.1, -0.05) is 18.9 Å². The molecule has 1 aromatic carbocycles. The molecule has 0 saturated heterocycles. The summed E-state index contributed by atoms with van der Waals surface area (Å²) in [5.41, 5.74) is 4.86. The van der Waals surface area contributed by atoms with Gasteiger partial charge in [0.05, 0.1) is 17.8 Å². The van der Waals surface area contributed by atoms with Crippen LogP contribution in [0.4, 0.5) is 11.6 Å². The van der Waals surface area contributed by atoms with Gasteiger partial charge in [-0.15, -0.1) is 0 Å². The van der Waals surface area contributed by atoms with Gasteiger partial charge in [0, 0.05) is 18.9 Å². The average molecular weight is 421 g/mol. The second kappa shape index (κ2) is 8.85. The number of benzene rings is 1. The molecule has 2 aromatic heterocycles. The van der Waals surface area contributed by atoms with Gasteiger partial charge in [0.1, 0.15) is 11.4 Å². The first-order valence-electron chi connectivity index (χ1n) is 10.6. The molecule has 1 aliphatic carbocycles. The summed E-state index contributed by atoms with van der Waals surface area (Å²) < 4.78 is 1.54. The molecule has 1 aliphatic rings. The second-order valence-corrected chi connectivity index (χ2v) is 8.24. The summed E-state index contributed by atoms with van der Waals surface area (Å²) in [5, 5.41) is 20.8. The van der Waals surface area contributed by atoms with Crippen LogP contribution in [0.5, 0.6) is 0 Å². The third kappa shape index (κ3) is 4.91. The Bertz CT molecular complexity index is 1070. The molecule has 1 fully saturated rings. The highest BCUT2D eigenvalue weighted by Crippen LogP contribution is 2.22. The third-order valence-corrected chi connectivity index (χ3v) is 5.55. The number of anilines is 2. The fourth-order valence-corrected chi connectivity index (χ4v) is 4.06. The van der Waals surface area contributed by atoms with Gasteiger partial charge in [-0.25, -0.2) is 9.97 Å². The van der Waals surface area contributed by atoms with Crippen LogP contribution in [0.15, 0.2) is 36.5 Å². The summed E-state index contributed by atoms with van der Waals surface area (Å²) in [6.45, 7) is 4.09. The molecular formula is C23H28N6O2. The van der Waals surface area contributed by atoms with Crippen LogP contribution in [0.2, 0.25) is 0 Å². The number of amides is 1. The average Bonchev–Trinajstić information content (AvgIpc) is 3.11. The molecule has 8 heteroatoms. The number of nitrogens with zero attached hydrogens (tertiary/aromatic N) is 4. The predicted molar refractivity (Wildman–Crippen MR) is 119 cm³/mol. The standard InChI is InChI=1S/C23H28N6O2/c1-14-10-15(2)12-16(11-14)25-23-24-9-8-17(27-23)19-13-20(29(3)28-19)22(31)26-18-6-4-5-7-21(18)30/h8-13,18,21,30H,4-7H2,1-3H3,(H,26,31)(H,24,25,27)/t18-,21+/m1/s1. The Morgan fingerprint density at radius 2 is 1.84 bits per heavy atom. The van der Waals surface area contributed by atoms with E-state index in [1.54, 1.807) is 30.1 Å². The molecule has 0 spiro atoms. The summed E-state index contributed by atoms with van der Waals surface area (Å²) in [4.78, 5) is 21.6. The number of carbonyl (C=O) groups excluding carboxylic acids is 1. The van der Waals surface area contributed by atoms with E-state index in [1.165, 1.54) is 0 Å². The quantitative estimate of drug-likeness (QED) is 0.585. The zero-order valence-electron chi connectivity index (χ0n) is 18.1. The molecule has 0 bridgehead atoms. The van der Waals surface area contributed by atoms with Gasteiger partial charge in [0.25, 0.3) is 5.91 Å². The molecule has 3 aromatic rings. The van der Waals surface area contributed by atoms with E-state index in [1.807, 2.05) is 26.0 Å². The minimum absolute atomic E-state index is 0.216. The maximum absolute atomic E-state index is 12.8. The number of aromatic nitrogens is 4. The van der Waals surface area contributed by atoms with Crippen molar-refractivity contribution in [2.45, 2.75) is 51.7 Å². The van der Waals surface area contributed by atoms with Gasteiger partial charge in [-0.05, 0) is 62.1 Å². The first kappa shape index (κ1) is 21.0. The molecule has 2 heterocycles. The fourth-order valence-electron chi connectivity index (χ4n) is 4.06. The van der Waals surface area contributed by atoms with Gasteiger partial charge in [0.2, 0.25) is 5.95 Å². The number of aliphatic hydroxyl groups excluding tert-OH is 1. The van der Waals surface area contributed by atoms with E-state index in [-0.39, 0.29) is 11.9 Å². The number of carbonyl (C=O) groups is 1. The van der Waals surface area contributed by atoms with Crippen molar-refractivity contribution in [3.63, 3.8) is 0 Å². The van der Waals surface area contributed by atoms with E-state index >= 15 is 0 Å². The van der Waals surface area contributed by atoms with Crippen molar-refractivity contribution in [1.82, 2.24) is 25.1 Å². The highest BCUT2D eigenvalue weighted by molar-refractivity contribution is 5.93. The largest absolute Gasteiger partial charge is 0.391 e. The monoisotopic (exact) mass is 420 g/mol. The van der Waals surface area contributed by atoms with E-state index in [0.717, 1.165) is 42.5 Å². The summed E-state index contributed by atoms with van der Waals surface area (Å²) in [7, 11) is 1.73. The number of hydrogen-bond acceptors (Lipinski definition) is 6. The smallest absolute Gasteiger partial charge is 0.269 e. The Labute approximate surface area is 181 Å². The molecule has 3 N–H and O–H groups in total. The number of hydrogen-bond donors (Lipinski definition) is 3.